The van der Waals surface area contributed by atoms with E-state index >= 15 is 0 Å². The van der Waals surface area contributed by atoms with E-state index in [-0.39, 0.29) is 12.6 Å². The highest BCUT2D eigenvalue weighted by atomic mass is 16.5. The normalized spacial score (nSPS) is 14.9. The zero-order chi connectivity index (χ0) is 14.0. The third-order valence-corrected chi connectivity index (χ3v) is 3.13. The molecule has 3 nitrogen and oxygen atoms in total. The summed E-state index contributed by atoms with van der Waals surface area (Å²) in [5.74, 6) is 0.276. The Morgan fingerprint density at radius 3 is 2.37 bits per heavy atom. The molecule has 19 heavy (non-hydrogen) atoms. The van der Waals surface area contributed by atoms with E-state index in [1.54, 1.807) is 0 Å². The van der Waals surface area contributed by atoms with Gasteiger partial charge in [0.25, 0.3) is 0 Å². The van der Waals surface area contributed by atoms with Crippen molar-refractivity contribution in [3.63, 3.8) is 0 Å². The molecule has 1 aromatic rings. The molecule has 100 valence electrons. The van der Waals surface area contributed by atoms with Gasteiger partial charge in [0.1, 0.15) is 5.76 Å². The lowest BCUT2D eigenvalue weighted by Crippen LogP contribution is -1.98. The Hall–Kier alpha value is -1.87. The standard InChI is InChI=1S/C16H18O3/c1-10(2)15-13(8-9-17)14(16(18)19-15)12-6-4-11(3)5-7-12/h4-7,17H,8-9H2,1-3H3. The summed E-state index contributed by atoms with van der Waals surface area (Å²) in [7, 11) is 0. The van der Waals surface area contributed by atoms with E-state index < -0.39 is 0 Å². The van der Waals surface area contributed by atoms with Crippen LogP contribution in [0.4, 0.5) is 0 Å². The van der Waals surface area contributed by atoms with E-state index in [9.17, 15) is 9.90 Å². The van der Waals surface area contributed by atoms with Crippen molar-refractivity contribution in [2.75, 3.05) is 6.61 Å². The van der Waals surface area contributed by atoms with Crippen molar-refractivity contribution in [1.29, 1.82) is 0 Å². The summed E-state index contributed by atoms with van der Waals surface area (Å²) in [6, 6.07) is 7.76. The van der Waals surface area contributed by atoms with Gasteiger partial charge in [0.05, 0.1) is 5.57 Å². The first-order chi connectivity index (χ1) is 9.04. The van der Waals surface area contributed by atoms with Gasteiger partial charge in [0.15, 0.2) is 0 Å². The number of hydrogen-bond donors (Lipinski definition) is 1. The fourth-order valence-corrected chi connectivity index (χ4v) is 2.21. The van der Waals surface area contributed by atoms with Crippen molar-refractivity contribution in [1.82, 2.24) is 0 Å². The molecule has 1 aromatic carbocycles. The summed E-state index contributed by atoms with van der Waals surface area (Å²) in [6.45, 7) is 5.80. The van der Waals surface area contributed by atoms with E-state index in [2.05, 4.69) is 0 Å². The molecular formula is C16H18O3. The maximum Gasteiger partial charge on any atom is 0.344 e. The molecule has 0 fully saturated rings. The molecule has 0 saturated heterocycles. The Morgan fingerprint density at radius 2 is 1.84 bits per heavy atom. The first-order valence-electron chi connectivity index (χ1n) is 6.35. The minimum absolute atomic E-state index is 0.00187. The molecule has 0 bridgehead atoms. The van der Waals surface area contributed by atoms with E-state index in [1.807, 2.05) is 45.0 Å². The lowest BCUT2D eigenvalue weighted by atomic mass is 9.97. The van der Waals surface area contributed by atoms with Gasteiger partial charge in [-0.3, -0.25) is 0 Å². The van der Waals surface area contributed by atoms with E-state index in [4.69, 9.17) is 4.74 Å². The number of aliphatic hydroxyl groups excluding tert-OH is 1. The number of rotatable bonds is 3. The Kier molecular flexibility index (Phi) is 3.86. The van der Waals surface area contributed by atoms with Crippen LogP contribution in [0.2, 0.25) is 0 Å². The maximum atomic E-state index is 12.1. The van der Waals surface area contributed by atoms with Gasteiger partial charge < -0.3 is 9.84 Å². The lowest BCUT2D eigenvalue weighted by molar-refractivity contribution is -0.131. The second kappa shape index (κ2) is 5.41. The Morgan fingerprint density at radius 1 is 1.21 bits per heavy atom. The topological polar surface area (TPSA) is 46.5 Å². The van der Waals surface area contributed by atoms with Crippen LogP contribution >= 0.6 is 0 Å². The van der Waals surface area contributed by atoms with Gasteiger partial charge in [-0.15, -0.1) is 0 Å². The van der Waals surface area contributed by atoms with E-state index in [0.717, 1.165) is 22.3 Å². The van der Waals surface area contributed by atoms with Crippen molar-refractivity contribution in [2.45, 2.75) is 27.2 Å². The third-order valence-electron chi connectivity index (χ3n) is 3.13. The van der Waals surface area contributed by atoms with Crippen molar-refractivity contribution in [3.05, 3.63) is 52.3 Å². The molecule has 0 aliphatic carbocycles. The van der Waals surface area contributed by atoms with Crippen LogP contribution in [0.1, 0.15) is 31.4 Å². The second-order valence-electron chi connectivity index (χ2n) is 4.91. The Bertz CT molecular complexity index is 558. The number of aliphatic hydroxyl groups is 1. The molecule has 0 aromatic heterocycles. The van der Waals surface area contributed by atoms with Crippen LogP contribution in [-0.2, 0) is 9.53 Å². The average molecular weight is 258 g/mol. The zero-order valence-corrected chi connectivity index (χ0v) is 11.5. The van der Waals surface area contributed by atoms with Crippen LogP contribution in [0, 0.1) is 6.92 Å². The van der Waals surface area contributed by atoms with Gasteiger partial charge in [-0.25, -0.2) is 4.79 Å². The summed E-state index contributed by atoms with van der Waals surface area (Å²) >= 11 is 0. The summed E-state index contributed by atoms with van der Waals surface area (Å²) < 4.78 is 5.34. The van der Waals surface area contributed by atoms with Gasteiger partial charge in [-0.1, -0.05) is 29.8 Å². The van der Waals surface area contributed by atoms with Crippen LogP contribution in [0.15, 0.2) is 41.2 Å². The van der Waals surface area contributed by atoms with Gasteiger partial charge in [0.2, 0.25) is 0 Å². The molecular weight excluding hydrogens is 240 g/mol. The van der Waals surface area contributed by atoms with Crippen LogP contribution in [0.25, 0.3) is 5.57 Å². The smallest absolute Gasteiger partial charge is 0.344 e. The van der Waals surface area contributed by atoms with Crippen molar-refractivity contribution < 1.29 is 14.6 Å². The van der Waals surface area contributed by atoms with Crippen LogP contribution in [-0.4, -0.2) is 17.7 Å². The maximum absolute atomic E-state index is 12.1. The molecule has 0 atom stereocenters. The molecule has 1 heterocycles. The second-order valence-corrected chi connectivity index (χ2v) is 4.91. The highest BCUT2D eigenvalue weighted by molar-refractivity contribution is 6.21. The van der Waals surface area contributed by atoms with E-state index in [1.165, 1.54) is 0 Å². The molecule has 3 heteroatoms. The van der Waals surface area contributed by atoms with Gasteiger partial charge in [0, 0.05) is 18.6 Å². The van der Waals surface area contributed by atoms with Gasteiger partial charge >= 0.3 is 5.97 Å². The highest BCUT2D eigenvalue weighted by Gasteiger charge is 2.30. The molecule has 1 aliphatic heterocycles. The molecule has 0 unspecified atom stereocenters. The first-order valence-corrected chi connectivity index (χ1v) is 6.35. The highest BCUT2D eigenvalue weighted by Crippen LogP contribution is 2.36. The lowest BCUT2D eigenvalue weighted by Gasteiger charge is -2.05. The number of benzene rings is 1. The summed E-state index contributed by atoms with van der Waals surface area (Å²) in [4.78, 5) is 12.1. The average Bonchev–Trinajstić information content (AvgIpc) is 2.68. The summed E-state index contributed by atoms with van der Waals surface area (Å²) in [5.41, 5.74) is 4.30. The fourth-order valence-electron chi connectivity index (χ4n) is 2.21. The predicted octanol–water partition coefficient (Wildman–Crippen LogP) is 2.98. The minimum Gasteiger partial charge on any atom is -0.423 e. The number of carbonyl (C=O) groups is 1. The molecule has 0 spiro atoms. The van der Waals surface area contributed by atoms with Gasteiger partial charge in [-0.2, -0.15) is 0 Å². The van der Waals surface area contributed by atoms with Gasteiger partial charge in [-0.05, 0) is 31.9 Å². The van der Waals surface area contributed by atoms with Crippen LogP contribution in [0.3, 0.4) is 0 Å². The SMILES string of the molecule is CC(C)=C1OC(=O)C(c2ccc(C)cc2)=C1CCO. The number of hydrogen-bond acceptors (Lipinski definition) is 3. The molecule has 0 radical (unpaired) electrons. The molecule has 0 saturated carbocycles. The number of ether oxygens (including phenoxy) is 1. The first kappa shape index (κ1) is 13.6. The van der Waals surface area contributed by atoms with E-state index in [0.29, 0.717) is 17.8 Å². The van der Waals surface area contributed by atoms with Crippen molar-refractivity contribution in [2.24, 2.45) is 0 Å². The molecule has 0 amide bonds. The minimum atomic E-state index is -0.330. The zero-order valence-electron chi connectivity index (χ0n) is 11.5. The predicted molar refractivity (Wildman–Crippen MR) is 74.3 cm³/mol. The molecule has 1 aliphatic rings. The number of allylic oxidation sites excluding steroid dienone is 2. The number of carbonyl (C=O) groups excluding carboxylic acids is 1. The fraction of sp³-hybridized carbons (Fsp3) is 0.312. The van der Waals surface area contributed by atoms with Crippen LogP contribution < -0.4 is 0 Å². The summed E-state index contributed by atoms with van der Waals surface area (Å²) in [5, 5.41) is 9.20. The quantitative estimate of drug-likeness (QED) is 0.848. The van der Waals surface area contributed by atoms with Crippen molar-refractivity contribution >= 4 is 11.5 Å². The molecule has 2 rings (SSSR count). The third kappa shape index (κ3) is 2.61. The van der Waals surface area contributed by atoms with Crippen LogP contribution in [0.5, 0.6) is 0 Å². The monoisotopic (exact) mass is 258 g/mol. The largest absolute Gasteiger partial charge is 0.423 e. The molecule has 1 N–H and O–H groups in total. The number of esters is 1. The summed E-state index contributed by atoms with van der Waals surface area (Å²) in [6.07, 6.45) is 0.426. The Labute approximate surface area is 113 Å². The Balaban J connectivity index is 2.57. The number of cyclic esters (lactones) is 1. The number of aryl methyl sites for hydroxylation is 1. The van der Waals surface area contributed by atoms with Crippen molar-refractivity contribution in [3.8, 4) is 0 Å².